The highest BCUT2D eigenvalue weighted by Crippen LogP contribution is 2.21. The third kappa shape index (κ3) is 9.40. The molecule has 0 spiro atoms. The minimum Gasteiger partial charge on any atom is -0.481 e. The standard InChI is InChI=1S/C10H9N3O.C8H16O2/c11-9-6-12-7-10(13-9)14-8-4-2-1-3-5-8;1-8(2,3)6-4-5-7(9)10/h1-7H,(H2,11,13);4-6H2,1-3H3,(H,9,10). The van der Waals surface area contributed by atoms with E-state index in [4.69, 9.17) is 15.6 Å². The average molecular weight is 331 g/mol. The first-order chi connectivity index (χ1) is 11.3. The zero-order valence-electron chi connectivity index (χ0n) is 14.4. The Bertz CT molecular complexity index is 625. The van der Waals surface area contributed by atoms with Gasteiger partial charge in [0.2, 0.25) is 5.88 Å². The molecule has 1 heterocycles. The molecule has 0 saturated heterocycles. The normalized spacial score (nSPS) is 10.5. The first-order valence-corrected chi connectivity index (χ1v) is 7.78. The molecule has 6 nitrogen and oxygen atoms in total. The SMILES string of the molecule is CC(C)(C)CCCC(=O)O.Nc1cncc(Oc2ccccc2)n1. The molecule has 24 heavy (non-hydrogen) atoms. The maximum Gasteiger partial charge on any atom is 0.303 e. The molecular weight excluding hydrogens is 306 g/mol. The molecule has 0 amide bonds. The van der Waals surface area contributed by atoms with Gasteiger partial charge in [-0.05, 0) is 30.4 Å². The van der Waals surface area contributed by atoms with Gasteiger partial charge in [0.05, 0.1) is 12.4 Å². The lowest BCUT2D eigenvalue weighted by Crippen LogP contribution is -2.05. The lowest BCUT2D eigenvalue weighted by atomic mass is 9.90. The van der Waals surface area contributed by atoms with Crippen molar-refractivity contribution in [3.63, 3.8) is 0 Å². The second kappa shape index (κ2) is 9.50. The number of carbonyl (C=O) groups is 1. The monoisotopic (exact) mass is 331 g/mol. The topological polar surface area (TPSA) is 98.3 Å². The Morgan fingerprint density at radius 1 is 1.21 bits per heavy atom. The number of aliphatic carboxylic acids is 1. The Morgan fingerprint density at radius 3 is 2.42 bits per heavy atom. The molecule has 2 rings (SSSR count). The van der Waals surface area contributed by atoms with Crippen molar-refractivity contribution in [2.75, 3.05) is 5.73 Å². The molecule has 0 aliphatic carbocycles. The molecule has 1 aromatic carbocycles. The molecule has 0 radical (unpaired) electrons. The van der Waals surface area contributed by atoms with E-state index in [1.54, 1.807) is 0 Å². The van der Waals surface area contributed by atoms with E-state index in [9.17, 15) is 4.79 Å². The van der Waals surface area contributed by atoms with E-state index < -0.39 is 5.97 Å². The number of rotatable bonds is 5. The van der Waals surface area contributed by atoms with E-state index in [0.717, 1.165) is 12.8 Å². The molecule has 3 N–H and O–H groups in total. The van der Waals surface area contributed by atoms with E-state index in [0.29, 0.717) is 23.9 Å². The third-order valence-electron chi connectivity index (χ3n) is 2.91. The van der Waals surface area contributed by atoms with Gasteiger partial charge >= 0.3 is 5.97 Å². The summed E-state index contributed by atoms with van der Waals surface area (Å²) in [7, 11) is 0. The van der Waals surface area contributed by atoms with Crippen LogP contribution in [0.25, 0.3) is 0 Å². The van der Waals surface area contributed by atoms with E-state index in [1.807, 2.05) is 30.3 Å². The van der Waals surface area contributed by atoms with Crippen LogP contribution in [0.15, 0.2) is 42.7 Å². The number of nitrogen functional groups attached to an aromatic ring is 1. The zero-order valence-corrected chi connectivity index (χ0v) is 14.4. The van der Waals surface area contributed by atoms with Crippen molar-refractivity contribution >= 4 is 11.8 Å². The molecule has 1 aromatic heterocycles. The number of anilines is 1. The predicted molar refractivity (Wildman–Crippen MR) is 93.9 cm³/mol. The highest BCUT2D eigenvalue weighted by atomic mass is 16.5. The molecule has 0 aliphatic rings. The van der Waals surface area contributed by atoms with E-state index >= 15 is 0 Å². The van der Waals surface area contributed by atoms with Crippen molar-refractivity contribution in [2.24, 2.45) is 5.41 Å². The van der Waals surface area contributed by atoms with Gasteiger partial charge in [0.25, 0.3) is 0 Å². The van der Waals surface area contributed by atoms with Gasteiger partial charge in [-0.3, -0.25) is 9.78 Å². The number of para-hydroxylation sites is 1. The van der Waals surface area contributed by atoms with Crippen LogP contribution in [-0.4, -0.2) is 21.0 Å². The first kappa shape index (κ1) is 19.4. The van der Waals surface area contributed by atoms with Gasteiger partial charge in [-0.15, -0.1) is 0 Å². The molecule has 130 valence electrons. The van der Waals surface area contributed by atoms with E-state index in [-0.39, 0.29) is 5.41 Å². The summed E-state index contributed by atoms with van der Waals surface area (Å²) in [6, 6.07) is 9.36. The summed E-state index contributed by atoms with van der Waals surface area (Å²) in [5, 5.41) is 8.31. The van der Waals surface area contributed by atoms with Gasteiger partial charge in [0.15, 0.2) is 0 Å². The summed E-state index contributed by atoms with van der Waals surface area (Å²) < 4.78 is 5.41. The molecular formula is C18H25N3O3. The number of carboxylic acids is 1. The van der Waals surface area contributed by atoms with Crippen LogP contribution in [0.2, 0.25) is 0 Å². The van der Waals surface area contributed by atoms with Gasteiger partial charge in [0.1, 0.15) is 11.6 Å². The van der Waals surface area contributed by atoms with E-state index in [1.165, 1.54) is 12.4 Å². The van der Waals surface area contributed by atoms with Crippen LogP contribution in [0.1, 0.15) is 40.0 Å². The number of benzene rings is 1. The van der Waals surface area contributed by atoms with Gasteiger partial charge in [-0.1, -0.05) is 39.0 Å². The Kier molecular flexibility index (Phi) is 7.68. The summed E-state index contributed by atoms with van der Waals surface area (Å²) in [5.74, 6) is 0.770. The lowest BCUT2D eigenvalue weighted by Gasteiger charge is -2.16. The lowest BCUT2D eigenvalue weighted by molar-refractivity contribution is -0.137. The minimum absolute atomic E-state index is 0.273. The van der Waals surface area contributed by atoms with Gasteiger partial charge in [-0.25, -0.2) is 0 Å². The number of hydrogen-bond donors (Lipinski definition) is 2. The highest BCUT2D eigenvalue weighted by molar-refractivity contribution is 5.66. The number of hydrogen-bond acceptors (Lipinski definition) is 5. The zero-order chi connectivity index (χ0) is 18.0. The Morgan fingerprint density at radius 2 is 1.88 bits per heavy atom. The van der Waals surface area contributed by atoms with Crippen LogP contribution in [-0.2, 0) is 4.79 Å². The fourth-order valence-electron chi connectivity index (χ4n) is 1.79. The number of nitrogens with zero attached hydrogens (tertiary/aromatic N) is 2. The highest BCUT2D eigenvalue weighted by Gasteiger charge is 2.09. The van der Waals surface area contributed by atoms with Crippen molar-refractivity contribution in [3.05, 3.63) is 42.7 Å². The maximum atomic E-state index is 10.1. The largest absolute Gasteiger partial charge is 0.481 e. The smallest absolute Gasteiger partial charge is 0.303 e. The van der Waals surface area contributed by atoms with Crippen LogP contribution in [0.3, 0.4) is 0 Å². The summed E-state index contributed by atoms with van der Waals surface area (Å²) in [6.45, 7) is 6.36. The van der Waals surface area contributed by atoms with Crippen LogP contribution in [0, 0.1) is 5.41 Å². The molecule has 0 atom stereocenters. The molecule has 0 fully saturated rings. The Labute approximate surface area is 142 Å². The molecule has 0 bridgehead atoms. The minimum atomic E-state index is -0.691. The molecule has 6 heteroatoms. The molecule has 0 unspecified atom stereocenters. The summed E-state index contributed by atoms with van der Waals surface area (Å²) in [5.41, 5.74) is 5.73. The number of carboxylic acid groups (broad SMARTS) is 1. The molecule has 2 aromatic rings. The number of aromatic nitrogens is 2. The number of ether oxygens (including phenoxy) is 1. The predicted octanol–water partition coefficient (Wildman–Crippen LogP) is 4.14. The summed E-state index contributed by atoms with van der Waals surface area (Å²) in [6.07, 6.45) is 5.07. The Balaban J connectivity index is 0.000000257. The van der Waals surface area contributed by atoms with Crippen LogP contribution in [0.4, 0.5) is 5.82 Å². The van der Waals surface area contributed by atoms with Crippen molar-refractivity contribution in [1.29, 1.82) is 0 Å². The fraction of sp³-hybridized carbons (Fsp3) is 0.389. The van der Waals surface area contributed by atoms with Crippen LogP contribution < -0.4 is 10.5 Å². The van der Waals surface area contributed by atoms with Crippen molar-refractivity contribution in [1.82, 2.24) is 9.97 Å². The second-order valence-electron chi connectivity index (χ2n) is 6.51. The van der Waals surface area contributed by atoms with Crippen LogP contribution in [0.5, 0.6) is 11.6 Å². The average Bonchev–Trinajstić information content (AvgIpc) is 2.47. The van der Waals surface area contributed by atoms with Crippen LogP contribution >= 0.6 is 0 Å². The number of nitrogens with two attached hydrogens (primary N) is 1. The maximum absolute atomic E-state index is 10.1. The summed E-state index contributed by atoms with van der Waals surface area (Å²) in [4.78, 5) is 17.9. The Hall–Kier alpha value is -2.63. The summed E-state index contributed by atoms with van der Waals surface area (Å²) >= 11 is 0. The molecule has 0 saturated carbocycles. The van der Waals surface area contributed by atoms with E-state index in [2.05, 4.69) is 30.7 Å². The van der Waals surface area contributed by atoms with Crippen molar-refractivity contribution < 1.29 is 14.6 Å². The fourth-order valence-corrected chi connectivity index (χ4v) is 1.79. The van der Waals surface area contributed by atoms with Gasteiger partial charge in [0, 0.05) is 6.42 Å². The van der Waals surface area contributed by atoms with Crippen molar-refractivity contribution in [3.8, 4) is 11.6 Å². The third-order valence-corrected chi connectivity index (χ3v) is 2.91. The van der Waals surface area contributed by atoms with Gasteiger partial charge < -0.3 is 15.6 Å². The first-order valence-electron chi connectivity index (χ1n) is 7.78. The molecule has 0 aliphatic heterocycles. The quantitative estimate of drug-likeness (QED) is 0.854. The second-order valence-corrected chi connectivity index (χ2v) is 6.51. The van der Waals surface area contributed by atoms with Crippen molar-refractivity contribution in [2.45, 2.75) is 40.0 Å². The van der Waals surface area contributed by atoms with Gasteiger partial charge in [-0.2, -0.15) is 4.98 Å².